The lowest BCUT2D eigenvalue weighted by Gasteiger charge is -2.00. The molecular formula is C9H8BrN3OS. The van der Waals surface area contributed by atoms with Crippen molar-refractivity contribution < 1.29 is 4.79 Å². The van der Waals surface area contributed by atoms with Gasteiger partial charge in [0.05, 0.1) is 10.7 Å². The van der Waals surface area contributed by atoms with E-state index >= 15 is 0 Å². The van der Waals surface area contributed by atoms with Crippen molar-refractivity contribution in [1.29, 1.82) is 0 Å². The molecule has 0 aliphatic carbocycles. The van der Waals surface area contributed by atoms with Crippen LogP contribution in [0.5, 0.6) is 0 Å². The van der Waals surface area contributed by atoms with Crippen molar-refractivity contribution >= 4 is 33.2 Å². The first-order valence-electron chi connectivity index (χ1n) is 4.24. The number of aromatic nitrogens is 3. The highest BCUT2D eigenvalue weighted by Gasteiger charge is 2.19. The lowest BCUT2D eigenvalue weighted by atomic mass is 10.2. The van der Waals surface area contributed by atoms with Crippen molar-refractivity contribution in [1.82, 2.24) is 13.9 Å². The van der Waals surface area contributed by atoms with Crippen LogP contribution in [0.1, 0.15) is 22.0 Å². The first kappa shape index (κ1) is 10.5. The average Bonchev–Trinajstić information content (AvgIpc) is 2.75. The van der Waals surface area contributed by atoms with E-state index in [1.54, 1.807) is 16.1 Å². The molecule has 6 heteroatoms. The Morgan fingerprint density at radius 1 is 1.60 bits per heavy atom. The monoisotopic (exact) mass is 285 g/mol. The molecule has 4 nitrogen and oxygen atoms in total. The summed E-state index contributed by atoms with van der Waals surface area (Å²) < 4.78 is 6.54. The third kappa shape index (κ3) is 1.74. The summed E-state index contributed by atoms with van der Waals surface area (Å²) in [5.74, 6) is 0.705. The molecule has 2 heterocycles. The molecule has 0 atom stereocenters. The molecule has 0 unspecified atom stereocenters. The van der Waals surface area contributed by atoms with Crippen LogP contribution >= 0.6 is 27.5 Å². The van der Waals surface area contributed by atoms with Crippen LogP contribution in [0, 0.1) is 6.92 Å². The van der Waals surface area contributed by atoms with Gasteiger partial charge in [-0.15, -0.1) is 0 Å². The first-order valence-corrected chi connectivity index (χ1v) is 5.87. The molecule has 2 aromatic rings. The second-order valence-electron chi connectivity index (χ2n) is 3.09. The zero-order chi connectivity index (χ0) is 11.0. The Morgan fingerprint density at radius 3 is 2.80 bits per heavy atom. The average molecular weight is 286 g/mol. The molecule has 15 heavy (non-hydrogen) atoms. The lowest BCUT2D eigenvalue weighted by Crippen LogP contribution is -2.08. The fraction of sp³-hybridized carbons (Fsp3) is 0.222. The summed E-state index contributed by atoms with van der Waals surface area (Å²) in [6, 6.07) is 0. The molecule has 78 valence electrons. The van der Waals surface area contributed by atoms with E-state index in [1.165, 1.54) is 11.5 Å². The van der Waals surface area contributed by atoms with E-state index in [9.17, 15) is 4.79 Å². The number of imidazole rings is 1. The smallest absolute Gasteiger partial charge is 0.231 e. The molecule has 0 fully saturated rings. The third-order valence-corrected chi connectivity index (χ3v) is 3.73. The van der Waals surface area contributed by atoms with Gasteiger partial charge in [-0.1, -0.05) is 0 Å². The maximum atomic E-state index is 12.0. The van der Waals surface area contributed by atoms with Crippen molar-refractivity contribution in [3.63, 3.8) is 0 Å². The number of rotatable bonds is 2. The zero-order valence-electron chi connectivity index (χ0n) is 8.19. The summed E-state index contributed by atoms with van der Waals surface area (Å²) in [5, 5.41) is 1.79. The van der Waals surface area contributed by atoms with Crippen molar-refractivity contribution in [2.24, 2.45) is 7.05 Å². The van der Waals surface area contributed by atoms with Crippen LogP contribution in [0.25, 0.3) is 0 Å². The highest BCUT2D eigenvalue weighted by molar-refractivity contribution is 9.10. The first-order chi connectivity index (χ1) is 7.11. The van der Waals surface area contributed by atoms with E-state index in [-0.39, 0.29) is 5.78 Å². The van der Waals surface area contributed by atoms with Gasteiger partial charge in [0.2, 0.25) is 5.78 Å². The minimum atomic E-state index is -0.105. The lowest BCUT2D eigenvalue weighted by molar-refractivity contribution is 0.102. The van der Waals surface area contributed by atoms with Crippen molar-refractivity contribution in [2.45, 2.75) is 6.92 Å². The van der Waals surface area contributed by atoms with Crippen LogP contribution in [0.15, 0.2) is 16.0 Å². The minimum Gasteiger partial charge on any atom is -0.329 e. The number of hydrogen-bond acceptors (Lipinski definition) is 4. The fourth-order valence-corrected chi connectivity index (χ4v) is 2.39. The van der Waals surface area contributed by atoms with Crippen molar-refractivity contribution in [2.75, 3.05) is 0 Å². The van der Waals surface area contributed by atoms with E-state index < -0.39 is 0 Å². The molecule has 0 spiro atoms. The zero-order valence-corrected chi connectivity index (χ0v) is 10.6. The van der Waals surface area contributed by atoms with Crippen LogP contribution in [0.2, 0.25) is 0 Å². The molecule has 2 rings (SSSR count). The van der Waals surface area contributed by atoms with Gasteiger partial charge in [0.1, 0.15) is 17.2 Å². The SMILES string of the molecule is Cc1ncc(C(=O)c2nscc2Br)n1C. The normalized spacial score (nSPS) is 10.6. The second kappa shape index (κ2) is 3.86. The van der Waals surface area contributed by atoms with E-state index in [1.807, 2.05) is 14.0 Å². The molecule has 0 amide bonds. The molecule has 0 aliphatic heterocycles. The summed E-state index contributed by atoms with van der Waals surface area (Å²) in [5.41, 5.74) is 1.00. The molecule has 0 bridgehead atoms. The van der Waals surface area contributed by atoms with Gasteiger partial charge in [-0.3, -0.25) is 4.79 Å². The number of aryl methyl sites for hydroxylation is 1. The Balaban J connectivity index is 2.46. The van der Waals surface area contributed by atoms with Crippen LogP contribution in [0.3, 0.4) is 0 Å². The van der Waals surface area contributed by atoms with Crippen LogP contribution in [-0.4, -0.2) is 19.7 Å². The van der Waals surface area contributed by atoms with E-state index in [0.29, 0.717) is 11.4 Å². The maximum Gasteiger partial charge on any atom is 0.231 e. The molecule has 0 aromatic carbocycles. The number of hydrogen-bond donors (Lipinski definition) is 0. The van der Waals surface area contributed by atoms with Gasteiger partial charge in [0.15, 0.2) is 0 Å². The Labute approximate surface area is 99.3 Å². The predicted molar refractivity (Wildman–Crippen MR) is 61.2 cm³/mol. The van der Waals surface area contributed by atoms with Gasteiger partial charge >= 0.3 is 0 Å². The molecule has 0 N–H and O–H groups in total. The second-order valence-corrected chi connectivity index (χ2v) is 4.57. The summed E-state index contributed by atoms with van der Waals surface area (Å²) >= 11 is 4.55. The molecular weight excluding hydrogens is 278 g/mol. The summed E-state index contributed by atoms with van der Waals surface area (Å²) in [6.45, 7) is 1.85. The van der Waals surface area contributed by atoms with Gasteiger partial charge in [0, 0.05) is 12.4 Å². The fourth-order valence-electron chi connectivity index (χ4n) is 1.21. The van der Waals surface area contributed by atoms with Crippen LogP contribution < -0.4 is 0 Å². The quantitative estimate of drug-likeness (QED) is 0.795. The Hall–Kier alpha value is -1.01. The maximum absolute atomic E-state index is 12.0. The number of carbonyl (C=O) groups is 1. The molecule has 0 saturated heterocycles. The van der Waals surface area contributed by atoms with Gasteiger partial charge < -0.3 is 4.57 Å². The molecule has 2 aromatic heterocycles. The number of halogens is 1. The van der Waals surface area contributed by atoms with E-state index in [0.717, 1.165) is 10.3 Å². The summed E-state index contributed by atoms with van der Waals surface area (Å²) in [4.78, 5) is 16.1. The van der Waals surface area contributed by atoms with Gasteiger partial charge in [-0.2, -0.15) is 4.37 Å². The van der Waals surface area contributed by atoms with Gasteiger partial charge in [-0.25, -0.2) is 4.98 Å². The Bertz CT molecular complexity index is 517. The predicted octanol–water partition coefficient (Wildman–Crippen LogP) is 2.18. The highest BCUT2D eigenvalue weighted by atomic mass is 79.9. The standard InChI is InChI=1S/C9H8BrN3OS/c1-5-11-3-7(13(5)2)9(14)8-6(10)4-15-12-8/h3-4H,1-2H3. The number of ketones is 1. The number of carbonyl (C=O) groups excluding carboxylic acids is 1. The highest BCUT2D eigenvalue weighted by Crippen LogP contribution is 2.20. The van der Waals surface area contributed by atoms with Gasteiger partial charge in [0.25, 0.3) is 0 Å². The Morgan fingerprint density at radius 2 is 2.33 bits per heavy atom. The molecule has 0 aliphatic rings. The third-order valence-electron chi connectivity index (χ3n) is 2.19. The van der Waals surface area contributed by atoms with Crippen molar-refractivity contribution in [3.8, 4) is 0 Å². The van der Waals surface area contributed by atoms with Crippen molar-refractivity contribution in [3.05, 3.63) is 33.3 Å². The summed E-state index contributed by atoms with van der Waals surface area (Å²) in [7, 11) is 1.82. The van der Waals surface area contributed by atoms with Gasteiger partial charge in [-0.05, 0) is 34.4 Å². The van der Waals surface area contributed by atoms with Crippen LogP contribution in [0.4, 0.5) is 0 Å². The van der Waals surface area contributed by atoms with E-state index in [4.69, 9.17) is 0 Å². The largest absolute Gasteiger partial charge is 0.329 e. The minimum absolute atomic E-state index is 0.105. The van der Waals surface area contributed by atoms with E-state index in [2.05, 4.69) is 25.3 Å². The molecule has 0 radical (unpaired) electrons. The number of nitrogens with zero attached hydrogens (tertiary/aromatic N) is 3. The molecule has 0 saturated carbocycles. The summed E-state index contributed by atoms with van der Waals surface area (Å²) in [6.07, 6.45) is 1.57. The topological polar surface area (TPSA) is 47.8 Å². The van der Waals surface area contributed by atoms with Crippen LogP contribution in [-0.2, 0) is 7.05 Å². The Kier molecular flexibility index (Phi) is 2.70.